The topological polar surface area (TPSA) is 93.4 Å². The smallest absolute Gasteiger partial charge is 0.399 e. The first kappa shape index (κ1) is 19.8. The molecule has 1 atom stereocenters. The number of benzene rings is 1. The average molecular weight is 401 g/mol. The minimum Gasteiger partial charge on any atom is -0.399 e. The molecule has 3 heterocycles. The van der Waals surface area contributed by atoms with Crippen LogP contribution in [-0.2, 0) is 9.31 Å². The summed E-state index contributed by atoms with van der Waals surface area (Å²) in [6.07, 6.45) is 1.51. The molecule has 0 radical (unpaired) electrons. The van der Waals surface area contributed by atoms with Gasteiger partial charge in [-0.05, 0) is 45.9 Å². The number of aromatic amines is 1. The fourth-order valence-corrected chi connectivity index (χ4v) is 3.37. The zero-order valence-electron chi connectivity index (χ0n) is 16.6. The van der Waals surface area contributed by atoms with Crippen molar-refractivity contribution in [1.29, 1.82) is 0 Å². The normalized spacial score (nSPS) is 19.1. The average Bonchev–Trinajstić information content (AvgIpc) is 3.15. The van der Waals surface area contributed by atoms with E-state index in [2.05, 4.69) is 9.97 Å². The minimum absolute atomic E-state index is 0.240. The number of nitrogens with one attached hydrogen (secondary N) is 1. The molecule has 1 aliphatic heterocycles. The van der Waals surface area contributed by atoms with E-state index in [-0.39, 0.29) is 11.3 Å². The summed E-state index contributed by atoms with van der Waals surface area (Å²) in [5.74, 6) is -1.87. The van der Waals surface area contributed by atoms with Gasteiger partial charge < -0.3 is 25.1 Å². The number of nitrogens with zero attached hydrogens (tertiary/aromatic N) is 1. The number of rotatable bonds is 3. The maximum atomic E-state index is 14.4. The van der Waals surface area contributed by atoms with Crippen LogP contribution in [0.4, 0.5) is 14.5 Å². The molecule has 4 N–H and O–H groups in total. The predicted octanol–water partition coefficient (Wildman–Crippen LogP) is 2.80. The molecule has 2 aromatic heterocycles. The number of H-pyrrole nitrogens is 1. The first-order valence-electron chi connectivity index (χ1n) is 9.26. The molecule has 0 saturated carbocycles. The van der Waals surface area contributed by atoms with Gasteiger partial charge in [-0.25, -0.2) is 13.8 Å². The van der Waals surface area contributed by atoms with E-state index >= 15 is 0 Å². The largest absolute Gasteiger partial charge is 0.496 e. The number of anilines is 1. The zero-order valence-corrected chi connectivity index (χ0v) is 16.6. The number of pyridine rings is 1. The number of fused-ring (bicyclic) bond motifs is 1. The maximum absolute atomic E-state index is 14.4. The van der Waals surface area contributed by atoms with E-state index in [1.54, 1.807) is 12.3 Å². The summed E-state index contributed by atoms with van der Waals surface area (Å²) >= 11 is 0. The SMILES string of the molecule is CC1(C)OB(c2cnc3[nH]cc(C(O)c4c(F)ccc(N)c4F)c3c2)OC1(C)C. The van der Waals surface area contributed by atoms with Crippen LogP contribution < -0.4 is 11.2 Å². The van der Waals surface area contributed by atoms with Crippen molar-refractivity contribution >= 4 is 29.3 Å². The molecule has 0 amide bonds. The Kier molecular flexibility index (Phi) is 4.45. The molecular formula is C20H22BF2N3O3. The van der Waals surface area contributed by atoms with Gasteiger partial charge in [-0.2, -0.15) is 0 Å². The highest BCUT2D eigenvalue weighted by atomic mass is 19.1. The molecule has 6 nitrogen and oxygen atoms in total. The van der Waals surface area contributed by atoms with E-state index in [9.17, 15) is 13.9 Å². The van der Waals surface area contributed by atoms with Gasteiger partial charge in [0.25, 0.3) is 0 Å². The van der Waals surface area contributed by atoms with Gasteiger partial charge in [0.1, 0.15) is 17.6 Å². The van der Waals surface area contributed by atoms with Gasteiger partial charge in [0.05, 0.1) is 22.5 Å². The summed E-state index contributed by atoms with van der Waals surface area (Å²) in [7, 11) is -0.655. The van der Waals surface area contributed by atoms with Crippen LogP contribution in [-0.4, -0.2) is 33.4 Å². The van der Waals surface area contributed by atoms with Crippen LogP contribution in [0.1, 0.15) is 44.9 Å². The number of nitrogens with two attached hydrogens (primary N) is 1. The number of nitrogen functional groups attached to an aromatic ring is 1. The van der Waals surface area contributed by atoms with Crippen molar-refractivity contribution < 1.29 is 23.2 Å². The first-order valence-corrected chi connectivity index (χ1v) is 9.26. The Morgan fingerprint density at radius 1 is 1.17 bits per heavy atom. The number of hydrogen-bond donors (Lipinski definition) is 3. The zero-order chi connectivity index (χ0) is 21.1. The molecule has 0 spiro atoms. The standard InChI is InChI=1S/C20H22BF2N3O3/c1-19(2)20(3,4)29-21(28-19)10-7-11-12(9-26-18(11)25-8-10)17(27)15-13(22)5-6-14(24)16(15)23/h5-9,17,27H,24H2,1-4H3,(H,25,26). The molecule has 4 rings (SSSR count). The highest BCUT2D eigenvalue weighted by Crippen LogP contribution is 2.37. The van der Waals surface area contributed by atoms with Gasteiger partial charge in [0.2, 0.25) is 0 Å². The molecule has 152 valence electrons. The Labute approximate surface area is 167 Å². The Balaban J connectivity index is 1.77. The molecule has 1 aliphatic rings. The van der Waals surface area contributed by atoms with Crippen molar-refractivity contribution in [3.05, 3.63) is 53.4 Å². The van der Waals surface area contributed by atoms with E-state index in [0.29, 0.717) is 16.5 Å². The lowest BCUT2D eigenvalue weighted by atomic mass is 9.79. The third-order valence-corrected chi connectivity index (χ3v) is 5.83. The van der Waals surface area contributed by atoms with Gasteiger partial charge in [0.15, 0.2) is 5.82 Å². The second-order valence-electron chi connectivity index (χ2n) is 8.26. The Morgan fingerprint density at radius 3 is 2.48 bits per heavy atom. The van der Waals surface area contributed by atoms with E-state index in [4.69, 9.17) is 15.0 Å². The van der Waals surface area contributed by atoms with Crippen LogP contribution in [0.2, 0.25) is 0 Å². The third kappa shape index (κ3) is 3.10. The van der Waals surface area contributed by atoms with Crippen molar-refractivity contribution in [2.75, 3.05) is 5.73 Å². The molecular weight excluding hydrogens is 379 g/mol. The van der Waals surface area contributed by atoms with Crippen LogP contribution in [0.15, 0.2) is 30.6 Å². The number of halogens is 2. The van der Waals surface area contributed by atoms with Gasteiger partial charge in [0, 0.05) is 28.8 Å². The highest BCUT2D eigenvalue weighted by Gasteiger charge is 2.51. The summed E-state index contributed by atoms with van der Waals surface area (Å²) in [5.41, 5.74) is 5.12. The number of aromatic nitrogens is 2. The molecule has 0 aliphatic carbocycles. The number of aliphatic hydroxyl groups is 1. The quantitative estimate of drug-likeness (QED) is 0.464. The Hall–Kier alpha value is -2.49. The third-order valence-electron chi connectivity index (χ3n) is 5.83. The number of aliphatic hydroxyl groups excluding tert-OH is 1. The van der Waals surface area contributed by atoms with Crippen LogP contribution in [0.25, 0.3) is 11.0 Å². The fourth-order valence-electron chi connectivity index (χ4n) is 3.37. The molecule has 3 aromatic rings. The molecule has 0 bridgehead atoms. The predicted molar refractivity (Wildman–Crippen MR) is 107 cm³/mol. The van der Waals surface area contributed by atoms with Crippen LogP contribution >= 0.6 is 0 Å². The molecule has 1 fully saturated rings. The Bertz CT molecular complexity index is 1080. The van der Waals surface area contributed by atoms with Crippen molar-refractivity contribution in [1.82, 2.24) is 9.97 Å². The van der Waals surface area contributed by atoms with Crippen molar-refractivity contribution in [2.45, 2.75) is 45.0 Å². The minimum atomic E-state index is -1.57. The van der Waals surface area contributed by atoms with Crippen LogP contribution in [0, 0.1) is 11.6 Å². The van der Waals surface area contributed by atoms with Gasteiger partial charge in [-0.15, -0.1) is 0 Å². The number of hydrogen-bond acceptors (Lipinski definition) is 5. The summed E-state index contributed by atoms with van der Waals surface area (Å²) in [5, 5.41) is 11.2. The lowest BCUT2D eigenvalue weighted by molar-refractivity contribution is 0.00578. The van der Waals surface area contributed by atoms with Crippen molar-refractivity contribution in [3.63, 3.8) is 0 Å². The molecule has 1 unspecified atom stereocenters. The van der Waals surface area contributed by atoms with Crippen LogP contribution in [0.3, 0.4) is 0 Å². The highest BCUT2D eigenvalue weighted by molar-refractivity contribution is 6.62. The van der Waals surface area contributed by atoms with Gasteiger partial charge in [-0.1, -0.05) is 0 Å². The first-order chi connectivity index (χ1) is 13.5. The maximum Gasteiger partial charge on any atom is 0.496 e. The fraction of sp³-hybridized carbons (Fsp3) is 0.350. The van der Waals surface area contributed by atoms with E-state index < -0.39 is 41.6 Å². The summed E-state index contributed by atoms with van der Waals surface area (Å²) in [4.78, 5) is 7.26. The molecule has 9 heteroatoms. The monoisotopic (exact) mass is 401 g/mol. The van der Waals surface area contributed by atoms with E-state index in [0.717, 1.165) is 12.1 Å². The van der Waals surface area contributed by atoms with Crippen molar-refractivity contribution in [3.8, 4) is 0 Å². The summed E-state index contributed by atoms with van der Waals surface area (Å²) in [6, 6.07) is 3.88. The lowest BCUT2D eigenvalue weighted by Gasteiger charge is -2.32. The van der Waals surface area contributed by atoms with E-state index in [1.165, 1.54) is 6.20 Å². The molecule has 1 saturated heterocycles. The van der Waals surface area contributed by atoms with Gasteiger partial charge in [-0.3, -0.25) is 0 Å². The summed E-state index contributed by atoms with van der Waals surface area (Å²) < 4.78 is 40.7. The van der Waals surface area contributed by atoms with Gasteiger partial charge >= 0.3 is 7.12 Å². The second kappa shape index (κ2) is 6.51. The van der Waals surface area contributed by atoms with Crippen LogP contribution in [0.5, 0.6) is 0 Å². The van der Waals surface area contributed by atoms with Crippen molar-refractivity contribution in [2.24, 2.45) is 0 Å². The second-order valence-corrected chi connectivity index (χ2v) is 8.26. The summed E-state index contributed by atoms with van der Waals surface area (Å²) in [6.45, 7) is 7.76. The lowest BCUT2D eigenvalue weighted by Crippen LogP contribution is -2.41. The Morgan fingerprint density at radius 2 is 1.83 bits per heavy atom. The van der Waals surface area contributed by atoms with E-state index in [1.807, 2.05) is 27.7 Å². The molecule has 29 heavy (non-hydrogen) atoms. The molecule has 1 aromatic carbocycles.